The molecule has 2 rings (SSSR count). The number of thiophene rings is 1. The van der Waals surface area contributed by atoms with Crippen LogP contribution in [0.3, 0.4) is 0 Å². The van der Waals surface area contributed by atoms with Gasteiger partial charge in [0.15, 0.2) is 0 Å². The number of carbonyl (C=O) groups is 1. The van der Waals surface area contributed by atoms with Crippen LogP contribution in [0, 0.1) is 5.41 Å². The van der Waals surface area contributed by atoms with E-state index in [1.54, 1.807) is 11.3 Å². The lowest BCUT2D eigenvalue weighted by molar-refractivity contribution is -0.122. The lowest BCUT2D eigenvalue weighted by Crippen LogP contribution is -2.47. The van der Waals surface area contributed by atoms with Crippen LogP contribution in [0.2, 0.25) is 0 Å². The van der Waals surface area contributed by atoms with Crippen LogP contribution in [0.25, 0.3) is 10.7 Å². The number of amides is 1. The third-order valence-corrected chi connectivity index (χ3v) is 5.14. The molecule has 0 aromatic carbocycles. The van der Waals surface area contributed by atoms with Crippen LogP contribution in [-0.4, -0.2) is 47.6 Å². The summed E-state index contributed by atoms with van der Waals surface area (Å²) in [5, 5.41) is 9.07. The summed E-state index contributed by atoms with van der Waals surface area (Å²) in [6.45, 7) is 7.32. The third-order valence-electron chi connectivity index (χ3n) is 4.28. The highest BCUT2D eigenvalue weighted by Crippen LogP contribution is 2.22. The second-order valence-electron chi connectivity index (χ2n) is 7.36. The Morgan fingerprint density at radius 1 is 1.44 bits per heavy atom. The van der Waals surface area contributed by atoms with Gasteiger partial charge in [-0.1, -0.05) is 25.1 Å². The molecular formula is C18H28N4O2S. The summed E-state index contributed by atoms with van der Waals surface area (Å²) in [6, 6.07) is 4.03. The van der Waals surface area contributed by atoms with E-state index in [9.17, 15) is 4.79 Å². The molecule has 0 aliphatic carbocycles. The average Bonchev–Trinajstić information content (AvgIpc) is 3.16. The zero-order valence-corrected chi connectivity index (χ0v) is 16.5. The molecule has 0 radical (unpaired) electrons. The van der Waals surface area contributed by atoms with Crippen LogP contribution in [0.1, 0.15) is 39.5 Å². The number of nitrogens with one attached hydrogen (secondary N) is 1. The zero-order chi connectivity index (χ0) is 18.4. The molecule has 0 spiro atoms. The topological polar surface area (TPSA) is 71.3 Å². The summed E-state index contributed by atoms with van der Waals surface area (Å²) in [6.07, 6.45) is 1.76. The van der Waals surface area contributed by atoms with Crippen LogP contribution >= 0.6 is 11.3 Å². The predicted molar refractivity (Wildman–Crippen MR) is 100 cm³/mol. The Bertz CT molecular complexity index is 664. The van der Waals surface area contributed by atoms with Gasteiger partial charge in [0, 0.05) is 25.4 Å². The maximum atomic E-state index is 12.2. The maximum absolute atomic E-state index is 12.2. The Balaban J connectivity index is 1.75. The van der Waals surface area contributed by atoms with Crippen LogP contribution in [0.5, 0.6) is 0 Å². The molecule has 0 saturated carbocycles. The van der Waals surface area contributed by atoms with E-state index in [-0.39, 0.29) is 17.4 Å². The number of hydrogen-bond acceptors (Lipinski definition) is 6. The molecule has 6 nitrogen and oxygen atoms in total. The van der Waals surface area contributed by atoms with Crippen LogP contribution in [-0.2, 0) is 11.2 Å². The molecule has 2 aromatic rings. The van der Waals surface area contributed by atoms with Gasteiger partial charge < -0.3 is 14.7 Å². The highest BCUT2D eigenvalue weighted by atomic mass is 32.1. The fourth-order valence-corrected chi connectivity index (χ4v) is 3.37. The molecule has 1 N–H and O–H groups in total. The molecule has 138 valence electrons. The number of carbonyl (C=O) groups excluding carboxylic acids is 1. The van der Waals surface area contributed by atoms with Crippen molar-refractivity contribution in [1.29, 1.82) is 0 Å². The molecule has 0 aliphatic heterocycles. The number of rotatable bonds is 9. The molecule has 0 bridgehead atoms. The van der Waals surface area contributed by atoms with E-state index in [4.69, 9.17) is 4.52 Å². The fraction of sp³-hybridized carbons (Fsp3) is 0.611. The summed E-state index contributed by atoms with van der Waals surface area (Å²) in [4.78, 5) is 19.7. The minimum absolute atomic E-state index is 0.0151. The molecule has 25 heavy (non-hydrogen) atoms. The van der Waals surface area contributed by atoms with Gasteiger partial charge in [0.1, 0.15) is 0 Å². The minimum Gasteiger partial charge on any atom is -0.353 e. The molecule has 0 aliphatic rings. The first-order valence-corrected chi connectivity index (χ1v) is 9.46. The van der Waals surface area contributed by atoms with Crippen molar-refractivity contribution >= 4 is 17.2 Å². The molecule has 7 heteroatoms. The fourth-order valence-electron chi connectivity index (χ4n) is 2.72. The quantitative estimate of drug-likeness (QED) is 0.740. The van der Waals surface area contributed by atoms with Gasteiger partial charge in [-0.3, -0.25) is 4.79 Å². The van der Waals surface area contributed by atoms with Gasteiger partial charge in [-0.15, -0.1) is 11.3 Å². The predicted octanol–water partition coefficient (Wildman–Crippen LogP) is 3.21. The van der Waals surface area contributed by atoms with Crippen LogP contribution in [0.15, 0.2) is 22.0 Å². The highest BCUT2D eigenvalue weighted by Gasteiger charge is 2.27. The lowest BCUT2D eigenvalue weighted by Gasteiger charge is -2.34. The number of hydrogen-bond donors (Lipinski definition) is 1. The van der Waals surface area contributed by atoms with E-state index in [0.29, 0.717) is 31.0 Å². The largest absolute Gasteiger partial charge is 0.353 e. The highest BCUT2D eigenvalue weighted by molar-refractivity contribution is 7.13. The first kappa shape index (κ1) is 19.6. The van der Waals surface area contributed by atoms with Crippen molar-refractivity contribution in [2.45, 2.75) is 46.1 Å². The van der Waals surface area contributed by atoms with Gasteiger partial charge >= 0.3 is 0 Å². The average molecular weight is 365 g/mol. The van der Waals surface area contributed by atoms with Gasteiger partial charge in [0.05, 0.1) is 4.88 Å². The second-order valence-corrected chi connectivity index (χ2v) is 8.31. The summed E-state index contributed by atoms with van der Waals surface area (Å²) in [7, 11) is 4.09. The van der Waals surface area contributed by atoms with Crippen molar-refractivity contribution in [3.8, 4) is 10.7 Å². The van der Waals surface area contributed by atoms with Gasteiger partial charge in [-0.2, -0.15) is 4.98 Å². The lowest BCUT2D eigenvalue weighted by atomic mass is 9.85. The first-order chi connectivity index (χ1) is 11.8. The molecule has 0 saturated heterocycles. The van der Waals surface area contributed by atoms with E-state index < -0.39 is 0 Å². The van der Waals surface area contributed by atoms with E-state index in [1.807, 2.05) is 31.6 Å². The molecule has 1 amide bonds. The Hall–Kier alpha value is -1.73. The van der Waals surface area contributed by atoms with Crippen molar-refractivity contribution in [2.24, 2.45) is 5.41 Å². The molecule has 0 fully saturated rings. The van der Waals surface area contributed by atoms with Gasteiger partial charge in [0.2, 0.25) is 17.6 Å². The van der Waals surface area contributed by atoms with Gasteiger partial charge in [0.25, 0.3) is 0 Å². The Morgan fingerprint density at radius 2 is 2.20 bits per heavy atom. The third kappa shape index (κ3) is 5.93. The maximum Gasteiger partial charge on any atom is 0.226 e. The van der Waals surface area contributed by atoms with E-state index in [1.165, 1.54) is 0 Å². The molecule has 1 atom stereocenters. The van der Waals surface area contributed by atoms with Crippen molar-refractivity contribution in [1.82, 2.24) is 20.4 Å². The van der Waals surface area contributed by atoms with Gasteiger partial charge in [-0.05, 0) is 44.3 Å². The molecule has 1 unspecified atom stereocenters. The minimum atomic E-state index is 0.0151. The SMILES string of the molecule is CC(NC(=O)CCCc1nc(-c2cccs2)no1)C(C)(C)CN(C)C. The summed E-state index contributed by atoms with van der Waals surface area (Å²) in [5.41, 5.74) is 0.0151. The molecule has 2 heterocycles. The van der Waals surface area contributed by atoms with Crippen molar-refractivity contribution in [2.75, 3.05) is 20.6 Å². The smallest absolute Gasteiger partial charge is 0.226 e. The number of aryl methyl sites for hydroxylation is 1. The Kier molecular flexibility index (Phi) is 6.72. The Labute approximate surface area is 153 Å². The zero-order valence-electron chi connectivity index (χ0n) is 15.7. The van der Waals surface area contributed by atoms with E-state index in [2.05, 4.69) is 41.1 Å². The van der Waals surface area contributed by atoms with E-state index >= 15 is 0 Å². The van der Waals surface area contributed by atoms with Crippen molar-refractivity contribution < 1.29 is 9.32 Å². The second kappa shape index (κ2) is 8.58. The summed E-state index contributed by atoms with van der Waals surface area (Å²) < 4.78 is 5.26. The van der Waals surface area contributed by atoms with Crippen molar-refractivity contribution in [3.63, 3.8) is 0 Å². The van der Waals surface area contributed by atoms with Crippen LogP contribution in [0.4, 0.5) is 0 Å². The normalized spacial score (nSPS) is 13.2. The molecular weight excluding hydrogens is 336 g/mol. The van der Waals surface area contributed by atoms with Crippen LogP contribution < -0.4 is 5.32 Å². The molecule has 2 aromatic heterocycles. The summed E-state index contributed by atoms with van der Waals surface area (Å²) >= 11 is 1.58. The number of nitrogens with zero attached hydrogens (tertiary/aromatic N) is 3. The first-order valence-electron chi connectivity index (χ1n) is 8.58. The monoisotopic (exact) mass is 364 g/mol. The number of aromatic nitrogens is 2. The summed E-state index contributed by atoms with van der Waals surface area (Å²) in [5.74, 6) is 1.27. The van der Waals surface area contributed by atoms with Crippen molar-refractivity contribution in [3.05, 3.63) is 23.4 Å². The van der Waals surface area contributed by atoms with Gasteiger partial charge in [-0.25, -0.2) is 0 Å². The Morgan fingerprint density at radius 3 is 2.84 bits per heavy atom. The standard InChI is InChI=1S/C18H28N4O2S/c1-13(18(2,3)12-22(4)5)19-15(23)9-6-10-16-20-17(21-24-16)14-8-7-11-25-14/h7-8,11,13H,6,9-10,12H2,1-5H3,(H,19,23). The van der Waals surface area contributed by atoms with E-state index in [0.717, 1.165) is 11.4 Å².